The number of aliphatic hydroxyl groups is 2. The van der Waals surface area contributed by atoms with Crippen molar-refractivity contribution < 1.29 is 14.9 Å². The first-order chi connectivity index (χ1) is 8.63. The van der Waals surface area contributed by atoms with E-state index >= 15 is 0 Å². The molecule has 0 aliphatic carbocycles. The zero-order valence-corrected chi connectivity index (χ0v) is 10.2. The van der Waals surface area contributed by atoms with E-state index < -0.39 is 17.4 Å². The van der Waals surface area contributed by atoms with Crippen molar-refractivity contribution in [1.82, 2.24) is 9.13 Å². The number of hydrogen-bond donors (Lipinski definition) is 2. The van der Waals surface area contributed by atoms with Gasteiger partial charge in [-0.25, -0.2) is 9.36 Å². The number of ether oxygens (including phenoxy) is 1. The molecule has 100 valence electrons. The van der Waals surface area contributed by atoms with Crippen LogP contribution in [0.1, 0.15) is 0 Å². The fraction of sp³-hybridized carbons (Fsp3) is 0.400. The second-order valence-corrected chi connectivity index (χ2v) is 3.59. The summed E-state index contributed by atoms with van der Waals surface area (Å²) < 4.78 is 6.99. The zero-order valence-electron chi connectivity index (χ0n) is 9.40. The van der Waals surface area contributed by atoms with Crippen LogP contribution in [0.5, 0.6) is 0 Å². The molecule has 0 radical (unpaired) electrons. The van der Waals surface area contributed by atoms with Gasteiger partial charge in [0.1, 0.15) is 12.8 Å². The summed E-state index contributed by atoms with van der Waals surface area (Å²) in [5, 5.41) is 17.6. The summed E-state index contributed by atoms with van der Waals surface area (Å²) in [6.07, 6.45) is 1.61. The van der Waals surface area contributed by atoms with Gasteiger partial charge >= 0.3 is 5.69 Å². The molecule has 1 aromatic heterocycles. The van der Waals surface area contributed by atoms with E-state index in [1.165, 1.54) is 12.3 Å². The average molecular weight is 277 g/mol. The largest absolute Gasteiger partial charge is 0.394 e. The van der Waals surface area contributed by atoms with Crippen LogP contribution < -0.4 is 11.2 Å². The van der Waals surface area contributed by atoms with Crippen LogP contribution in [0, 0.1) is 0 Å². The number of aliphatic hydroxyl groups excluding tert-OH is 2. The SMILES string of the molecule is O=c1ccn(COC(CO)CO)c(=O)n1C=CCl. The van der Waals surface area contributed by atoms with Crippen LogP contribution in [-0.4, -0.2) is 38.7 Å². The smallest absolute Gasteiger partial charge is 0.337 e. The molecule has 0 bridgehead atoms. The van der Waals surface area contributed by atoms with Gasteiger partial charge in [-0.05, 0) is 0 Å². The van der Waals surface area contributed by atoms with E-state index in [2.05, 4.69) is 0 Å². The topological polar surface area (TPSA) is 93.7 Å². The Morgan fingerprint density at radius 3 is 2.61 bits per heavy atom. The fourth-order valence-corrected chi connectivity index (χ4v) is 1.28. The number of nitrogens with zero attached hydrogens (tertiary/aromatic N) is 2. The highest BCUT2D eigenvalue weighted by atomic mass is 35.5. The summed E-state index contributed by atoms with van der Waals surface area (Å²) in [5.74, 6) is 0. The van der Waals surface area contributed by atoms with Gasteiger partial charge in [0.05, 0.1) is 13.2 Å². The van der Waals surface area contributed by atoms with Crippen LogP contribution in [0.2, 0.25) is 0 Å². The predicted octanol–water partition coefficient (Wildman–Crippen LogP) is -0.996. The Morgan fingerprint density at radius 2 is 2.06 bits per heavy atom. The predicted molar refractivity (Wildman–Crippen MR) is 65.2 cm³/mol. The Morgan fingerprint density at radius 1 is 1.39 bits per heavy atom. The van der Waals surface area contributed by atoms with Gasteiger partial charge in [-0.2, -0.15) is 0 Å². The lowest BCUT2D eigenvalue weighted by Gasteiger charge is -2.13. The van der Waals surface area contributed by atoms with Gasteiger partial charge in [-0.1, -0.05) is 11.6 Å². The summed E-state index contributed by atoms with van der Waals surface area (Å²) in [6.45, 7) is -0.931. The molecular weight excluding hydrogens is 264 g/mol. The van der Waals surface area contributed by atoms with Crippen molar-refractivity contribution in [3.63, 3.8) is 0 Å². The maximum Gasteiger partial charge on any atom is 0.337 e. The van der Waals surface area contributed by atoms with Crippen molar-refractivity contribution in [2.45, 2.75) is 12.8 Å². The van der Waals surface area contributed by atoms with Gasteiger partial charge < -0.3 is 14.9 Å². The van der Waals surface area contributed by atoms with Gasteiger partial charge in [0.2, 0.25) is 0 Å². The third-order valence-electron chi connectivity index (χ3n) is 2.15. The summed E-state index contributed by atoms with van der Waals surface area (Å²) in [6, 6.07) is 1.18. The van der Waals surface area contributed by atoms with Crippen molar-refractivity contribution in [3.05, 3.63) is 38.6 Å². The van der Waals surface area contributed by atoms with Crippen molar-refractivity contribution in [1.29, 1.82) is 0 Å². The van der Waals surface area contributed by atoms with Gasteiger partial charge in [-0.3, -0.25) is 9.36 Å². The summed E-state index contributed by atoms with van der Waals surface area (Å²) in [4.78, 5) is 23.1. The minimum atomic E-state index is -0.777. The molecule has 0 aliphatic rings. The molecule has 1 aromatic rings. The molecule has 0 aromatic carbocycles. The molecule has 0 aliphatic heterocycles. The first-order valence-electron chi connectivity index (χ1n) is 5.06. The first-order valence-corrected chi connectivity index (χ1v) is 5.50. The van der Waals surface area contributed by atoms with E-state index in [4.69, 9.17) is 26.6 Å². The van der Waals surface area contributed by atoms with E-state index in [9.17, 15) is 9.59 Å². The summed E-state index contributed by atoms with van der Waals surface area (Å²) >= 11 is 5.32. The second kappa shape index (κ2) is 7.12. The molecule has 0 fully saturated rings. The number of hydrogen-bond acceptors (Lipinski definition) is 5. The Kier molecular flexibility index (Phi) is 5.79. The maximum absolute atomic E-state index is 11.8. The van der Waals surface area contributed by atoms with Crippen molar-refractivity contribution in [2.24, 2.45) is 0 Å². The maximum atomic E-state index is 11.8. The van der Waals surface area contributed by atoms with Crippen molar-refractivity contribution in [2.75, 3.05) is 13.2 Å². The Labute approximate surface area is 107 Å². The van der Waals surface area contributed by atoms with E-state index in [1.54, 1.807) is 0 Å². The number of halogens is 1. The van der Waals surface area contributed by atoms with Crippen LogP contribution in [0.25, 0.3) is 6.20 Å². The van der Waals surface area contributed by atoms with Gasteiger partial charge in [-0.15, -0.1) is 0 Å². The standard InChI is InChI=1S/C10H13ClN2O5/c11-2-4-13-9(16)1-3-12(10(13)17)7-18-8(5-14)6-15/h1-4,8,14-15H,5-7H2. The lowest BCUT2D eigenvalue weighted by Crippen LogP contribution is -2.37. The van der Waals surface area contributed by atoms with Crippen LogP contribution in [0.3, 0.4) is 0 Å². The second-order valence-electron chi connectivity index (χ2n) is 3.33. The third-order valence-corrected chi connectivity index (χ3v) is 2.26. The molecule has 0 atom stereocenters. The van der Waals surface area contributed by atoms with E-state index in [0.717, 1.165) is 20.9 Å². The van der Waals surface area contributed by atoms with Crippen LogP contribution >= 0.6 is 11.6 Å². The molecule has 8 heteroatoms. The highest BCUT2D eigenvalue weighted by Gasteiger charge is 2.08. The Bertz CT molecular complexity index is 518. The lowest BCUT2D eigenvalue weighted by molar-refractivity contribution is -0.0514. The van der Waals surface area contributed by atoms with E-state index in [1.807, 2.05) is 0 Å². The molecule has 18 heavy (non-hydrogen) atoms. The molecule has 0 saturated heterocycles. The fourth-order valence-electron chi connectivity index (χ4n) is 1.17. The average Bonchev–Trinajstić information content (AvgIpc) is 2.38. The monoisotopic (exact) mass is 276 g/mol. The van der Waals surface area contributed by atoms with Gasteiger partial charge in [0, 0.05) is 24.0 Å². The van der Waals surface area contributed by atoms with E-state index in [0.29, 0.717) is 0 Å². The molecule has 1 heterocycles. The number of aromatic nitrogens is 2. The van der Waals surface area contributed by atoms with E-state index in [-0.39, 0.29) is 19.9 Å². The van der Waals surface area contributed by atoms with Crippen molar-refractivity contribution in [3.8, 4) is 0 Å². The molecule has 1 rings (SSSR count). The quantitative estimate of drug-likeness (QED) is 0.695. The van der Waals surface area contributed by atoms with Crippen molar-refractivity contribution >= 4 is 17.8 Å². The molecule has 0 spiro atoms. The minimum absolute atomic E-state index is 0.193. The van der Waals surface area contributed by atoms with Gasteiger partial charge in [0.25, 0.3) is 5.56 Å². The first kappa shape index (κ1) is 14.7. The van der Waals surface area contributed by atoms with Crippen LogP contribution in [0.15, 0.2) is 27.4 Å². The normalized spacial score (nSPS) is 11.6. The molecule has 2 N–H and O–H groups in total. The minimum Gasteiger partial charge on any atom is -0.394 e. The summed E-state index contributed by atoms with van der Waals surface area (Å²) in [5.41, 5.74) is -0.110. The number of rotatable bonds is 6. The molecule has 7 nitrogen and oxygen atoms in total. The van der Waals surface area contributed by atoms with Crippen LogP contribution in [0.4, 0.5) is 0 Å². The van der Waals surface area contributed by atoms with Crippen LogP contribution in [-0.2, 0) is 11.5 Å². The Hall–Kier alpha value is -1.41. The molecule has 0 amide bonds. The molecular formula is C10H13ClN2O5. The third kappa shape index (κ3) is 3.54. The van der Waals surface area contributed by atoms with Gasteiger partial charge in [0.15, 0.2) is 0 Å². The Balaban J connectivity index is 2.95. The lowest BCUT2D eigenvalue weighted by atomic mass is 10.4. The molecule has 0 saturated carbocycles. The summed E-state index contributed by atoms with van der Waals surface area (Å²) in [7, 11) is 0. The molecule has 0 unspecified atom stereocenters. The highest BCUT2D eigenvalue weighted by Crippen LogP contribution is 1.92. The highest BCUT2D eigenvalue weighted by molar-refractivity contribution is 6.26. The zero-order chi connectivity index (χ0) is 13.5.